The molecule has 8 heteroatoms. The van der Waals surface area contributed by atoms with Crippen LogP contribution in [0.3, 0.4) is 0 Å². The third kappa shape index (κ3) is 5.12. The first-order valence-corrected chi connectivity index (χ1v) is 8.14. The minimum Gasteiger partial charge on any atom is -0.295 e. The van der Waals surface area contributed by atoms with Gasteiger partial charge >= 0.3 is 0 Å². The SMILES string of the molecule is CC(=O)c1ccc(SCC(=O)NNC(=O)c2ccccc2F)c(F)c1. The molecule has 0 atom stereocenters. The van der Waals surface area contributed by atoms with E-state index in [1.54, 1.807) is 0 Å². The summed E-state index contributed by atoms with van der Waals surface area (Å²) in [6.07, 6.45) is 0. The molecule has 2 N–H and O–H groups in total. The standard InChI is InChI=1S/C17H14F2N2O3S/c1-10(22)11-6-7-15(14(19)8-11)25-9-16(23)20-21-17(24)12-4-2-3-5-13(12)18/h2-8H,9H2,1H3,(H,20,23)(H,21,24). The highest BCUT2D eigenvalue weighted by Crippen LogP contribution is 2.22. The summed E-state index contributed by atoms with van der Waals surface area (Å²) in [6.45, 7) is 1.33. The number of hydrazine groups is 1. The molecular weight excluding hydrogens is 350 g/mol. The zero-order valence-corrected chi connectivity index (χ0v) is 14.0. The van der Waals surface area contributed by atoms with Crippen molar-refractivity contribution in [1.29, 1.82) is 0 Å². The first-order chi connectivity index (χ1) is 11.9. The molecule has 0 heterocycles. The van der Waals surface area contributed by atoms with Crippen LogP contribution in [-0.2, 0) is 4.79 Å². The average molecular weight is 364 g/mol. The first kappa shape index (κ1) is 18.6. The second kappa shape index (κ2) is 8.39. The molecule has 130 valence electrons. The van der Waals surface area contributed by atoms with Crippen molar-refractivity contribution >= 4 is 29.4 Å². The Morgan fingerprint density at radius 1 is 1.00 bits per heavy atom. The average Bonchev–Trinajstić information content (AvgIpc) is 2.58. The molecule has 0 saturated heterocycles. The largest absolute Gasteiger partial charge is 0.295 e. The van der Waals surface area contributed by atoms with Gasteiger partial charge in [-0.05, 0) is 31.2 Å². The summed E-state index contributed by atoms with van der Waals surface area (Å²) in [4.78, 5) is 34.8. The zero-order valence-electron chi connectivity index (χ0n) is 13.1. The van der Waals surface area contributed by atoms with E-state index in [2.05, 4.69) is 10.9 Å². The smallest absolute Gasteiger partial charge is 0.272 e. The van der Waals surface area contributed by atoms with Gasteiger partial charge in [-0.3, -0.25) is 25.2 Å². The van der Waals surface area contributed by atoms with Gasteiger partial charge in [-0.1, -0.05) is 18.2 Å². The summed E-state index contributed by atoms with van der Waals surface area (Å²) >= 11 is 0.902. The molecule has 0 bridgehead atoms. The third-order valence-electron chi connectivity index (χ3n) is 3.13. The van der Waals surface area contributed by atoms with Crippen LogP contribution in [0.4, 0.5) is 8.78 Å². The summed E-state index contributed by atoms with van der Waals surface area (Å²) in [7, 11) is 0. The van der Waals surface area contributed by atoms with Crippen LogP contribution in [0.2, 0.25) is 0 Å². The van der Waals surface area contributed by atoms with Crippen molar-refractivity contribution in [1.82, 2.24) is 10.9 Å². The van der Waals surface area contributed by atoms with Crippen LogP contribution >= 0.6 is 11.8 Å². The van der Waals surface area contributed by atoms with Crippen molar-refractivity contribution < 1.29 is 23.2 Å². The highest BCUT2D eigenvalue weighted by atomic mass is 32.2. The molecule has 0 spiro atoms. The minimum atomic E-state index is -0.798. The van der Waals surface area contributed by atoms with Gasteiger partial charge in [-0.25, -0.2) is 8.78 Å². The van der Waals surface area contributed by atoms with Crippen LogP contribution in [0.1, 0.15) is 27.6 Å². The molecule has 2 rings (SSSR count). The van der Waals surface area contributed by atoms with E-state index in [1.165, 1.54) is 37.3 Å². The Hall–Kier alpha value is -2.74. The van der Waals surface area contributed by atoms with Gasteiger partial charge in [0.05, 0.1) is 11.3 Å². The number of carbonyl (C=O) groups is 3. The zero-order chi connectivity index (χ0) is 18.4. The Morgan fingerprint density at radius 2 is 1.72 bits per heavy atom. The lowest BCUT2D eigenvalue weighted by Gasteiger charge is -2.08. The molecule has 0 saturated carbocycles. The summed E-state index contributed by atoms with van der Waals surface area (Å²) in [5.41, 5.74) is 4.24. The van der Waals surface area contributed by atoms with Crippen LogP contribution in [0.15, 0.2) is 47.4 Å². The maximum atomic E-state index is 13.8. The van der Waals surface area contributed by atoms with Gasteiger partial charge in [0.2, 0.25) is 5.91 Å². The molecule has 0 aliphatic heterocycles. The molecule has 0 aromatic heterocycles. The van der Waals surface area contributed by atoms with Crippen molar-refractivity contribution in [2.75, 3.05) is 5.75 Å². The molecule has 0 aliphatic carbocycles. The first-order valence-electron chi connectivity index (χ1n) is 7.15. The molecule has 2 amide bonds. The summed E-state index contributed by atoms with van der Waals surface area (Å²) in [5, 5.41) is 0. The molecule has 0 unspecified atom stereocenters. The van der Waals surface area contributed by atoms with Crippen molar-refractivity contribution in [3.05, 3.63) is 65.2 Å². The van der Waals surface area contributed by atoms with Crippen molar-refractivity contribution in [2.45, 2.75) is 11.8 Å². The number of Topliss-reactive ketones (excluding diaryl/α,β-unsaturated/α-hetero) is 1. The van der Waals surface area contributed by atoms with E-state index in [0.29, 0.717) is 0 Å². The lowest BCUT2D eigenvalue weighted by molar-refractivity contribution is -0.119. The topological polar surface area (TPSA) is 75.3 Å². The number of thioether (sulfide) groups is 1. The monoisotopic (exact) mass is 364 g/mol. The molecule has 2 aromatic rings. The Balaban J connectivity index is 1.86. The summed E-state index contributed by atoms with van der Waals surface area (Å²) < 4.78 is 27.2. The van der Waals surface area contributed by atoms with Gasteiger partial charge in [0, 0.05) is 10.5 Å². The number of hydrogen-bond acceptors (Lipinski definition) is 4. The number of nitrogens with one attached hydrogen (secondary N) is 2. The van der Waals surface area contributed by atoms with Gasteiger partial charge in [0.1, 0.15) is 11.6 Å². The van der Waals surface area contributed by atoms with Gasteiger partial charge in [-0.15, -0.1) is 11.8 Å². The molecule has 0 aliphatic rings. The fraction of sp³-hybridized carbons (Fsp3) is 0.118. The maximum absolute atomic E-state index is 13.8. The van der Waals surface area contributed by atoms with E-state index in [1.807, 2.05) is 0 Å². The van der Waals surface area contributed by atoms with E-state index >= 15 is 0 Å². The molecule has 0 fully saturated rings. The fourth-order valence-corrected chi connectivity index (χ4v) is 2.58. The van der Waals surface area contributed by atoms with E-state index < -0.39 is 23.4 Å². The van der Waals surface area contributed by atoms with Gasteiger partial charge in [0.25, 0.3) is 5.91 Å². The molecule has 25 heavy (non-hydrogen) atoms. The predicted molar refractivity (Wildman–Crippen MR) is 89.1 cm³/mol. The van der Waals surface area contributed by atoms with Gasteiger partial charge in [0.15, 0.2) is 5.78 Å². The Morgan fingerprint density at radius 3 is 2.36 bits per heavy atom. The van der Waals surface area contributed by atoms with Crippen molar-refractivity contribution in [2.24, 2.45) is 0 Å². The predicted octanol–water partition coefficient (Wildman–Crippen LogP) is 2.72. The molecule has 2 aromatic carbocycles. The number of amides is 2. The second-order valence-electron chi connectivity index (χ2n) is 4.97. The highest BCUT2D eigenvalue weighted by Gasteiger charge is 2.13. The quantitative estimate of drug-likeness (QED) is 0.486. The van der Waals surface area contributed by atoms with E-state index in [4.69, 9.17) is 0 Å². The lowest BCUT2D eigenvalue weighted by Crippen LogP contribution is -2.42. The number of ketones is 1. The number of hydrogen-bond donors (Lipinski definition) is 2. The van der Waals surface area contributed by atoms with Crippen molar-refractivity contribution in [3.8, 4) is 0 Å². The van der Waals surface area contributed by atoms with Crippen LogP contribution in [-0.4, -0.2) is 23.4 Å². The fourth-order valence-electron chi connectivity index (χ4n) is 1.86. The number of rotatable bonds is 5. The highest BCUT2D eigenvalue weighted by molar-refractivity contribution is 8.00. The van der Waals surface area contributed by atoms with E-state index in [-0.39, 0.29) is 27.6 Å². The Labute approximate surface area is 146 Å². The third-order valence-corrected chi connectivity index (χ3v) is 4.18. The maximum Gasteiger partial charge on any atom is 0.272 e. The second-order valence-corrected chi connectivity index (χ2v) is 5.99. The number of halogens is 2. The van der Waals surface area contributed by atoms with Gasteiger partial charge in [-0.2, -0.15) is 0 Å². The Kier molecular flexibility index (Phi) is 6.24. The van der Waals surface area contributed by atoms with Crippen LogP contribution in [0.5, 0.6) is 0 Å². The van der Waals surface area contributed by atoms with E-state index in [0.717, 1.165) is 23.9 Å². The van der Waals surface area contributed by atoms with Crippen LogP contribution < -0.4 is 10.9 Å². The lowest BCUT2D eigenvalue weighted by atomic mass is 10.1. The van der Waals surface area contributed by atoms with Crippen LogP contribution in [0, 0.1) is 11.6 Å². The van der Waals surface area contributed by atoms with Gasteiger partial charge < -0.3 is 0 Å². The minimum absolute atomic E-state index is 0.173. The van der Waals surface area contributed by atoms with E-state index in [9.17, 15) is 23.2 Å². The molecule has 0 radical (unpaired) electrons. The summed E-state index contributed by atoms with van der Waals surface area (Å²) in [5.74, 6) is -3.15. The normalized spacial score (nSPS) is 10.2. The molecule has 5 nitrogen and oxygen atoms in total. The summed E-state index contributed by atoms with van der Waals surface area (Å²) in [6, 6.07) is 9.30. The van der Waals surface area contributed by atoms with Crippen LogP contribution in [0.25, 0.3) is 0 Å². The molecular formula is C17H14F2N2O3S. The van der Waals surface area contributed by atoms with Crippen molar-refractivity contribution in [3.63, 3.8) is 0 Å². The number of carbonyl (C=O) groups excluding carboxylic acids is 3. The number of benzene rings is 2. The Bertz CT molecular complexity index is 827.